The third-order valence-electron chi connectivity index (χ3n) is 2.97. The molecule has 1 heterocycles. The highest BCUT2D eigenvalue weighted by Crippen LogP contribution is 2.07. The Morgan fingerprint density at radius 3 is 2.63 bits per heavy atom. The predicted octanol–water partition coefficient (Wildman–Crippen LogP) is -0.486. The number of β-amino-alcohol motifs (C(OH)–C–C–N with tert-alkyl or cyclic N) is 1. The van der Waals surface area contributed by atoms with E-state index in [1.54, 1.807) is 24.3 Å². The Labute approximate surface area is 111 Å². The molecule has 1 aliphatic heterocycles. The van der Waals surface area contributed by atoms with Crippen LogP contribution >= 0.6 is 0 Å². The van der Waals surface area contributed by atoms with Gasteiger partial charge in [0.15, 0.2) is 0 Å². The number of aliphatic hydroxyl groups excluding tert-OH is 1. The third-order valence-corrected chi connectivity index (χ3v) is 2.97. The number of nitrogens with one attached hydrogen (secondary N) is 2. The quantitative estimate of drug-likeness (QED) is 0.643. The van der Waals surface area contributed by atoms with E-state index in [1.165, 1.54) is 0 Å². The second-order valence-electron chi connectivity index (χ2n) is 4.55. The second-order valence-corrected chi connectivity index (χ2v) is 4.55. The van der Waals surface area contributed by atoms with E-state index in [0.29, 0.717) is 25.1 Å². The van der Waals surface area contributed by atoms with Gasteiger partial charge in [-0.3, -0.25) is 25.3 Å². The summed E-state index contributed by atoms with van der Waals surface area (Å²) in [6.45, 7) is 1.37. The summed E-state index contributed by atoms with van der Waals surface area (Å²) in [5, 5.41) is 9.34. The van der Waals surface area contributed by atoms with Gasteiger partial charge in [-0.25, -0.2) is 0 Å². The molecule has 1 atom stereocenters. The Kier molecular flexibility index (Phi) is 4.48. The number of carbonyl (C=O) groups excluding carboxylic acids is 2. The number of nitrogens with zero attached hydrogens (tertiary/aromatic N) is 1. The van der Waals surface area contributed by atoms with Crippen molar-refractivity contribution >= 4 is 11.8 Å². The number of likely N-dealkylation sites (tertiary alicyclic amines) is 1. The van der Waals surface area contributed by atoms with Gasteiger partial charge in [-0.15, -0.1) is 0 Å². The van der Waals surface area contributed by atoms with Gasteiger partial charge in [0, 0.05) is 18.7 Å². The van der Waals surface area contributed by atoms with Gasteiger partial charge in [0.2, 0.25) is 0 Å². The van der Waals surface area contributed by atoms with Crippen molar-refractivity contribution in [2.24, 2.45) is 0 Å². The van der Waals surface area contributed by atoms with Gasteiger partial charge in [-0.1, -0.05) is 18.2 Å². The van der Waals surface area contributed by atoms with Gasteiger partial charge < -0.3 is 5.11 Å². The minimum absolute atomic E-state index is 0.173. The van der Waals surface area contributed by atoms with E-state index in [4.69, 9.17) is 0 Å². The van der Waals surface area contributed by atoms with Crippen molar-refractivity contribution in [1.82, 2.24) is 15.8 Å². The number of hydrogen-bond acceptors (Lipinski definition) is 4. The minimum atomic E-state index is -0.355. The van der Waals surface area contributed by atoms with Crippen LogP contribution < -0.4 is 10.9 Å². The standard InChI is InChI=1S/C13H17N3O3/c17-11-6-7-16(8-11)9-12(18)14-15-13(19)10-4-2-1-3-5-10/h1-5,11,17H,6-9H2,(H,14,18)(H,15,19)/t11-/m0/s1. The lowest BCUT2D eigenvalue weighted by Gasteiger charge is -2.14. The number of benzene rings is 1. The van der Waals surface area contributed by atoms with Gasteiger partial charge in [0.1, 0.15) is 0 Å². The van der Waals surface area contributed by atoms with Crippen LogP contribution in [0.5, 0.6) is 0 Å². The predicted molar refractivity (Wildman–Crippen MR) is 69.1 cm³/mol. The normalized spacial score (nSPS) is 19.1. The van der Waals surface area contributed by atoms with E-state index >= 15 is 0 Å². The van der Waals surface area contributed by atoms with Gasteiger partial charge >= 0.3 is 0 Å². The number of hydrazine groups is 1. The maximum absolute atomic E-state index is 11.7. The zero-order chi connectivity index (χ0) is 13.7. The highest BCUT2D eigenvalue weighted by Gasteiger charge is 2.22. The summed E-state index contributed by atoms with van der Waals surface area (Å²) in [6, 6.07) is 8.65. The van der Waals surface area contributed by atoms with Crippen LogP contribution in [0.4, 0.5) is 0 Å². The summed E-state index contributed by atoms with van der Waals surface area (Å²) in [5.74, 6) is -0.645. The molecule has 1 aromatic rings. The van der Waals surface area contributed by atoms with Crippen LogP contribution in [0.3, 0.4) is 0 Å². The van der Waals surface area contributed by atoms with E-state index in [2.05, 4.69) is 10.9 Å². The van der Waals surface area contributed by atoms with Crippen molar-refractivity contribution in [3.63, 3.8) is 0 Å². The number of amides is 2. The molecule has 6 heteroatoms. The summed E-state index contributed by atoms with van der Waals surface area (Å²) in [7, 11) is 0. The van der Waals surface area contributed by atoms with Crippen LogP contribution in [0.15, 0.2) is 30.3 Å². The first-order valence-electron chi connectivity index (χ1n) is 6.20. The van der Waals surface area contributed by atoms with Gasteiger partial charge in [0.05, 0.1) is 12.6 Å². The Hall–Kier alpha value is -1.92. The number of hydrogen-bond donors (Lipinski definition) is 3. The summed E-state index contributed by atoms with van der Waals surface area (Å²) in [4.78, 5) is 25.1. The van der Waals surface area contributed by atoms with Crippen molar-refractivity contribution in [3.05, 3.63) is 35.9 Å². The summed E-state index contributed by atoms with van der Waals surface area (Å²) in [5.41, 5.74) is 5.20. The van der Waals surface area contributed by atoms with Crippen molar-refractivity contribution in [2.75, 3.05) is 19.6 Å². The second kappa shape index (κ2) is 6.31. The smallest absolute Gasteiger partial charge is 0.269 e. The molecule has 0 unspecified atom stereocenters. The molecular formula is C13H17N3O3. The molecule has 0 bridgehead atoms. The van der Waals surface area contributed by atoms with Crippen LogP contribution in [-0.2, 0) is 4.79 Å². The first-order valence-corrected chi connectivity index (χ1v) is 6.20. The van der Waals surface area contributed by atoms with Crippen LogP contribution in [0.1, 0.15) is 16.8 Å². The molecular weight excluding hydrogens is 246 g/mol. The van der Waals surface area contributed by atoms with Crippen molar-refractivity contribution < 1.29 is 14.7 Å². The summed E-state index contributed by atoms with van der Waals surface area (Å²) < 4.78 is 0. The van der Waals surface area contributed by atoms with Gasteiger partial charge in [-0.05, 0) is 18.6 Å². The van der Waals surface area contributed by atoms with E-state index < -0.39 is 0 Å². The minimum Gasteiger partial charge on any atom is -0.392 e. The Morgan fingerprint density at radius 1 is 1.26 bits per heavy atom. The third kappa shape index (κ3) is 4.04. The highest BCUT2D eigenvalue weighted by molar-refractivity contribution is 5.95. The molecule has 3 N–H and O–H groups in total. The van der Waals surface area contributed by atoms with Crippen LogP contribution in [-0.4, -0.2) is 47.6 Å². The molecule has 1 aromatic carbocycles. The van der Waals surface area contributed by atoms with E-state index in [1.807, 2.05) is 11.0 Å². The van der Waals surface area contributed by atoms with Gasteiger partial charge in [0.25, 0.3) is 11.8 Å². The fraction of sp³-hybridized carbons (Fsp3) is 0.385. The van der Waals surface area contributed by atoms with Gasteiger partial charge in [-0.2, -0.15) is 0 Å². The zero-order valence-corrected chi connectivity index (χ0v) is 10.5. The highest BCUT2D eigenvalue weighted by atomic mass is 16.3. The molecule has 6 nitrogen and oxygen atoms in total. The topological polar surface area (TPSA) is 81.7 Å². The molecule has 19 heavy (non-hydrogen) atoms. The molecule has 1 saturated heterocycles. The average Bonchev–Trinajstić information content (AvgIpc) is 2.82. The molecule has 2 rings (SSSR count). The maximum Gasteiger partial charge on any atom is 0.269 e. The first kappa shape index (κ1) is 13.5. The SMILES string of the molecule is O=C(CN1CC[C@H](O)C1)NNC(=O)c1ccccc1. The molecule has 2 amide bonds. The molecule has 1 aliphatic rings. The molecule has 0 aliphatic carbocycles. The van der Waals surface area contributed by atoms with Crippen LogP contribution in [0.2, 0.25) is 0 Å². The number of rotatable bonds is 3. The average molecular weight is 263 g/mol. The lowest BCUT2D eigenvalue weighted by Crippen LogP contribution is -2.46. The number of aliphatic hydroxyl groups is 1. The molecule has 0 aromatic heterocycles. The van der Waals surface area contributed by atoms with Crippen LogP contribution in [0, 0.1) is 0 Å². The lowest BCUT2D eigenvalue weighted by atomic mass is 10.2. The Morgan fingerprint density at radius 2 is 2.00 bits per heavy atom. The molecule has 1 fully saturated rings. The monoisotopic (exact) mass is 263 g/mol. The number of carbonyl (C=O) groups is 2. The largest absolute Gasteiger partial charge is 0.392 e. The van der Waals surface area contributed by atoms with Crippen LogP contribution in [0.25, 0.3) is 0 Å². The Balaban J connectivity index is 1.73. The molecule has 0 radical (unpaired) electrons. The fourth-order valence-electron chi connectivity index (χ4n) is 1.99. The maximum atomic E-state index is 11.7. The van der Waals surface area contributed by atoms with Crippen molar-refractivity contribution in [2.45, 2.75) is 12.5 Å². The summed E-state index contributed by atoms with van der Waals surface area (Å²) >= 11 is 0. The van der Waals surface area contributed by atoms with E-state index in [0.717, 1.165) is 0 Å². The lowest BCUT2D eigenvalue weighted by molar-refractivity contribution is -0.122. The van der Waals surface area contributed by atoms with E-state index in [9.17, 15) is 14.7 Å². The summed E-state index contributed by atoms with van der Waals surface area (Å²) in [6.07, 6.45) is 0.329. The first-order chi connectivity index (χ1) is 9.15. The van der Waals surface area contributed by atoms with Crippen molar-refractivity contribution in [3.8, 4) is 0 Å². The molecule has 0 spiro atoms. The van der Waals surface area contributed by atoms with E-state index in [-0.39, 0.29) is 24.5 Å². The van der Waals surface area contributed by atoms with Crippen molar-refractivity contribution in [1.29, 1.82) is 0 Å². The molecule has 102 valence electrons. The fourth-order valence-corrected chi connectivity index (χ4v) is 1.99. The zero-order valence-electron chi connectivity index (χ0n) is 10.5. The Bertz CT molecular complexity index is 450. The molecule has 0 saturated carbocycles.